The van der Waals surface area contributed by atoms with Crippen LogP contribution >= 0.6 is 0 Å². The second-order valence-electron chi connectivity index (χ2n) is 4.10. The van der Waals surface area contributed by atoms with Gasteiger partial charge in [0.2, 0.25) is 0 Å². The average Bonchev–Trinajstić information content (AvgIpc) is 2.94. The van der Waals surface area contributed by atoms with Crippen LogP contribution in [0.25, 0.3) is 0 Å². The van der Waals surface area contributed by atoms with Crippen molar-refractivity contribution in [1.29, 1.82) is 0 Å². The summed E-state index contributed by atoms with van der Waals surface area (Å²) in [5, 5.41) is 12.1. The zero-order valence-electron chi connectivity index (χ0n) is 8.88. The number of hydrogen-bond acceptors (Lipinski definition) is 3. The molecule has 2 N–H and O–H groups in total. The Kier molecular flexibility index (Phi) is 3.89. The zero-order valence-corrected chi connectivity index (χ0v) is 8.88. The molecule has 14 heavy (non-hydrogen) atoms. The summed E-state index contributed by atoms with van der Waals surface area (Å²) in [6, 6.07) is 0. The summed E-state index contributed by atoms with van der Waals surface area (Å²) >= 11 is 0. The highest BCUT2D eigenvalue weighted by atomic mass is 16.5. The van der Waals surface area contributed by atoms with Crippen LogP contribution in [0.5, 0.6) is 0 Å². The van der Waals surface area contributed by atoms with Crippen LogP contribution in [0.3, 0.4) is 0 Å². The molecule has 0 heterocycles. The van der Waals surface area contributed by atoms with E-state index in [0.29, 0.717) is 12.5 Å². The third-order valence-electron chi connectivity index (χ3n) is 2.54. The lowest BCUT2D eigenvalue weighted by Crippen LogP contribution is -2.53. The molecule has 1 saturated carbocycles. The molecule has 0 saturated heterocycles. The highest BCUT2D eigenvalue weighted by molar-refractivity contribution is 5.78. The summed E-state index contributed by atoms with van der Waals surface area (Å²) in [4.78, 5) is 11.0. The number of aliphatic carboxylic acids is 1. The fourth-order valence-electron chi connectivity index (χ4n) is 1.19. The molecule has 1 rings (SSSR count). The van der Waals surface area contributed by atoms with Gasteiger partial charge in [-0.3, -0.25) is 10.1 Å². The Bertz CT molecular complexity index is 204. The SMILES string of the molecule is CCOCC(C)(NCC1CC1)C(=O)O. The molecule has 0 aliphatic heterocycles. The van der Waals surface area contributed by atoms with Crippen LogP contribution in [-0.4, -0.2) is 36.4 Å². The van der Waals surface area contributed by atoms with Gasteiger partial charge < -0.3 is 9.84 Å². The van der Waals surface area contributed by atoms with Crippen LogP contribution in [0, 0.1) is 5.92 Å². The maximum Gasteiger partial charge on any atom is 0.326 e. The van der Waals surface area contributed by atoms with Crippen molar-refractivity contribution in [2.45, 2.75) is 32.2 Å². The molecule has 1 aliphatic rings. The molecule has 0 amide bonds. The zero-order chi connectivity index (χ0) is 10.6. The number of carboxylic acids is 1. The first-order chi connectivity index (χ1) is 6.58. The van der Waals surface area contributed by atoms with Gasteiger partial charge in [0, 0.05) is 6.61 Å². The maximum atomic E-state index is 11.0. The first-order valence-electron chi connectivity index (χ1n) is 5.14. The number of nitrogens with one attached hydrogen (secondary N) is 1. The Labute approximate surface area is 84.6 Å². The second kappa shape index (κ2) is 4.75. The molecule has 82 valence electrons. The number of carboxylic acid groups (broad SMARTS) is 1. The van der Waals surface area contributed by atoms with E-state index in [2.05, 4.69) is 5.32 Å². The number of rotatable bonds is 7. The van der Waals surface area contributed by atoms with Crippen molar-refractivity contribution in [3.63, 3.8) is 0 Å². The molecular formula is C10H19NO3. The third-order valence-corrected chi connectivity index (χ3v) is 2.54. The van der Waals surface area contributed by atoms with Crippen LogP contribution in [0.15, 0.2) is 0 Å². The lowest BCUT2D eigenvalue weighted by atomic mass is 10.0. The predicted molar refractivity (Wildman–Crippen MR) is 53.3 cm³/mol. The highest BCUT2D eigenvalue weighted by Gasteiger charge is 2.35. The molecule has 0 aromatic carbocycles. The van der Waals surface area contributed by atoms with Crippen LogP contribution in [-0.2, 0) is 9.53 Å². The van der Waals surface area contributed by atoms with Gasteiger partial charge in [-0.05, 0) is 39.2 Å². The van der Waals surface area contributed by atoms with Crippen LogP contribution in [0.4, 0.5) is 0 Å². The minimum absolute atomic E-state index is 0.228. The van der Waals surface area contributed by atoms with Gasteiger partial charge in [-0.25, -0.2) is 0 Å². The van der Waals surface area contributed by atoms with E-state index in [-0.39, 0.29) is 6.61 Å². The van der Waals surface area contributed by atoms with Gasteiger partial charge in [-0.15, -0.1) is 0 Å². The Morgan fingerprint density at radius 2 is 2.29 bits per heavy atom. The molecule has 0 spiro atoms. The molecular weight excluding hydrogens is 182 g/mol. The minimum atomic E-state index is -0.932. The van der Waals surface area contributed by atoms with E-state index in [0.717, 1.165) is 6.54 Å². The summed E-state index contributed by atoms with van der Waals surface area (Å²) in [6.07, 6.45) is 2.44. The van der Waals surface area contributed by atoms with Crippen LogP contribution in [0.2, 0.25) is 0 Å². The van der Waals surface area contributed by atoms with Crippen molar-refractivity contribution >= 4 is 5.97 Å². The second-order valence-corrected chi connectivity index (χ2v) is 4.10. The van der Waals surface area contributed by atoms with E-state index in [4.69, 9.17) is 9.84 Å². The van der Waals surface area contributed by atoms with Crippen molar-refractivity contribution < 1.29 is 14.6 Å². The normalized spacial score (nSPS) is 20.4. The Morgan fingerprint density at radius 3 is 2.71 bits per heavy atom. The van der Waals surface area contributed by atoms with Gasteiger partial charge in [0.1, 0.15) is 5.54 Å². The van der Waals surface area contributed by atoms with Gasteiger partial charge in [0.15, 0.2) is 0 Å². The van der Waals surface area contributed by atoms with E-state index >= 15 is 0 Å². The van der Waals surface area contributed by atoms with Crippen molar-refractivity contribution in [1.82, 2.24) is 5.32 Å². The molecule has 1 fully saturated rings. The largest absolute Gasteiger partial charge is 0.480 e. The van der Waals surface area contributed by atoms with Crippen molar-refractivity contribution in [3.05, 3.63) is 0 Å². The smallest absolute Gasteiger partial charge is 0.326 e. The van der Waals surface area contributed by atoms with E-state index in [1.54, 1.807) is 6.92 Å². The molecule has 0 bridgehead atoms. The molecule has 4 heteroatoms. The quantitative estimate of drug-likeness (QED) is 0.641. The molecule has 1 aliphatic carbocycles. The number of carbonyl (C=O) groups is 1. The Balaban J connectivity index is 2.37. The number of hydrogen-bond donors (Lipinski definition) is 2. The van der Waals surface area contributed by atoms with Crippen LogP contribution < -0.4 is 5.32 Å². The molecule has 1 atom stereocenters. The molecule has 0 aromatic rings. The lowest BCUT2D eigenvalue weighted by Gasteiger charge is -2.25. The molecule has 4 nitrogen and oxygen atoms in total. The topological polar surface area (TPSA) is 58.6 Å². The Hall–Kier alpha value is -0.610. The standard InChI is InChI=1S/C10H19NO3/c1-3-14-7-10(2,9(12)13)11-6-8-4-5-8/h8,11H,3-7H2,1-2H3,(H,12,13). The van der Waals surface area contributed by atoms with Crippen LogP contribution in [0.1, 0.15) is 26.7 Å². The van der Waals surface area contributed by atoms with Gasteiger partial charge in [0.05, 0.1) is 6.61 Å². The summed E-state index contributed by atoms with van der Waals surface area (Å²) < 4.78 is 5.17. The fraction of sp³-hybridized carbons (Fsp3) is 0.900. The molecule has 0 radical (unpaired) electrons. The van der Waals surface area contributed by atoms with Gasteiger partial charge in [-0.2, -0.15) is 0 Å². The third kappa shape index (κ3) is 3.27. The van der Waals surface area contributed by atoms with Crippen molar-refractivity contribution in [2.24, 2.45) is 5.92 Å². The first kappa shape index (κ1) is 11.5. The minimum Gasteiger partial charge on any atom is -0.480 e. The fourth-order valence-corrected chi connectivity index (χ4v) is 1.19. The lowest BCUT2D eigenvalue weighted by molar-refractivity contribution is -0.146. The summed E-state index contributed by atoms with van der Waals surface area (Å²) in [7, 11) is 0. The van der Waals surface area contributed by atoms with Crippen molar-refractivity contribution in [2.75, 3.05) is 19.8 Å². The molecule has 1 unspecified atom stereocenters. The first-order valence-corrected chi connectivity index (χ1v) is 5.14. The van der Waals surface area contributed by atoms with E-state index in [1.165, 1.54) is 12.8 Å². The summed E-state index contributed by atoms with van der Waals surface area (Å²) in [5.41, 5.74) is -0.932. The van der Waals surface area contributed by atoms with Gasteiger partial charge in [-0.1, -0.05) is 0 Å². The highest BCUT2D eigenvalue weighted by Crippen LogP contribution is 2.28. The Morgan fingerprint density at radius 1 is 1.64 bits per heavy atom. The van der Waals surface area contributed by atoms with E-state index in [1.807, 2.05) is 6.92 Å². The average molecular weight is 201 g/mol. The van der Waals surface area contributed by atoms with E-state index in [9.17, 15) is 4.79 Å². The molecule has 0 aromatic heterocycles. The monoisotopic (exact) mass is 201 g/mol. The predicted octanol–water partition coefficient (Wildman–Crippen LogP) is 0.866. The number of ether oxygens (including phenoxy) is 1. The van der Waals surface area contributed by atoms with Crippen molar-refractivity contribution in [3.8, 4) is 0 Å². The van der Waals surface area contributed by atoms with E-state index < -0.39 is 11.5 Å². The summed E-state index contributed by atoms with van der Waals surface area (Å²) in [6.45, 7) is 5.10. The summed E-state index contributed by atoms with van der Waals surface area (Å²) in [5.74, 6) is -0.165. The maximum absolute atomic E-state index is 11.0. The van der Waals surface area contributed by atoms with Gasteiger partial charge >= 0.3 is 5.97 Å². The van der Waals surface area contributed by atoms with Gasteiger partial charge in [0.25, 0.3) is 0 Å².